The molecule has 1 amide bonds. The molecule has 1 aromatic heterocycles. The van der Waals surface area contributed by atoms with E-state index in [1.54, 1.807) is 30.7 Å². The molecular weight excluding hydrogens is 302 g/mol. The lowest BCUT2D eigenvalue weighted by Gasteiger charge is -2.16. The lowest BCUT2D eigenvalue weighted by molar-refractivity contribution is 0.0955. The number of nitrogens with two attached hydrogens (primary N) is 1. The molecule has 1 aliphatic heterocycles. The lowest BCUT2D eigenvalue weighted by Crippen LogP contribution is -2.20. The zero-order valence-electron chi connectivity index (χ0n) is 13.5. The second kappa shape index (κ2) is 7.70. The summed E-state index contributed by atoms with van der Waals surface area (Å²) in [6.45, 7) is 3.11. The van der Waals surface area contributed by atoms with Crippen LogP contribution in [-0.4, -0.2) is 35.1 Å². The molecule has 2 aromatic rings. The minimum absolute atomic E-state index is 0.277. The van der Waals surface area contributed by atoms with Crippen LogP contribution in [0.15, 0.2) is 47.8 Å². The van der Waals surface area contributed by atoms with Gasteiger partial charge in [0.05, 0.1) is 6.21 Å². The van der Waals surface area contributed by atoms with Gasteiger partial charge in [0.1, 0.15) is 0 Å². The molecule has 0 aliphatic carbocycles. The Labute approximate surface area is 141 Å². The molecule has 0 unspecified atom stereocenters. The van der Waals surface area contributed by atoms with Crippen molar-refractivity contribution in [2.45, 2.75) is 19.4 Å². The fourth-order valence-corrected chi connectivity index (χ4v) is 2.79. The number of pyridine rings is 1. The van der Waals surface area contributed by atoms with Crippen molar-refractivity contribution in [3.05, 3.63) is 59.4 Å². The summed E-state index contributed by atoms with van der Waals surface area (Å²) >= 11 is 0. The van der Waals surface area contributed by atoms with Gasteiger partial charge in [-0.2, -0.15) is 5.10 Å². The summed E-state index contributed by atoms with van der Waals surface area (Å²) in [7, 11) is 0. The molecule has 1 aromatic carbocycles. The quantitative estimate of drug-likeness (QED) is 0.501. The van der Waals surface area contributed by atoms with Crippen LogP contribution in [0.4, 0.5) is 5.69 Å². The number of hydrazone groups is 1. The number of nitrogens with zero attached hydrogens (tertiary/aromatic N) is 3. The molecule has 6 heteroatoms. The van der Waals surface area contributed by atoms with E-state index in [9.17, 15) is 4.79 Å². The summed E-state index contributed by atoms with van der Waals surface area (Å²) in [4.78, 5) is 18.2. The number of nitrogen functional groups attached to an aromatic ring is 1. The topological polar surface area (TPSA) is 83.6 Å². The molecule has 6 nitrogen and oxygen atoms in total. The van der Waals surface area contributed by atoms with Crippen LogP contribution in [0.3, 0.4) is 0 Å². The fraction of sp³-hybridized carbons (Fsp3) is 0.278. The Morgan fingerprint density at radius 1 is 1.25 bits per heavy atom. The Morgan fingerprint density at radius 2 is 2.00 bits per heavy atom. The molecule has 124 valence electrons. The second-order valence-electron chi connectivity index (χ2n) is 5.84. The van der Waals surface area contributed by atoms with Gasteiger partial charge in [0, 0.05) is 35.8 Å². The zero-order valence-corrected chi connectivity index (χ0v) is 13.5. The molecule has 0 spiro atoms. The van der Waals surface area contributed by atoms with Gasteiger partial charge in [-0.25, -0.2) is 5.43 Å². The number of nitrogens with one attached hydrogen (secondary N) is 1. The average molecular weight is 323 g/mol. The largest absolute Gasteiger partial charge is 0.398 e. The van der Waals surface area contributed by atoms with E-state index in [1.807, 2.05) is 18.2 Å². The van der Waals surface area contributed by atoms with Crippen molar-refractivity contribution in [1.82, 2.24) is 15.3 Å². The summed E-state index contributed by atoms with van der Waals surface area (Å²) < 4.78 is 0. The Hall–Kier alpha value is -2.73. The monoisotopic (exact) mass is 323 g/mol. The van der Waals surface area contributed by atoms with Gasteiger partial charge in [0.25, 0.3) is 5.91 Å². The molecule has 0 saturated carbocycles. The number of hydrogen-bond acceptors (Lipinski definition) is 5. The van der Waals surface area contributed by atoms with Crippen molar-refractivity contribution in [3.63, 3.8) is 0 Å². The number of rotatable bonds is 5. The first-order valence-corrected chi connectivity index (χ1v) is 8.07. The summed E-state index contributed by atoms with van der Waals surface area (Å²) in [6.07, 6.45) is 7.23. The van der Waals surface area contributed by atoms with Crippen molar-refractivity contribution < 1.29 is 4.79 Å². The maximum absolute atomic E-state index is 11.9. The number of aromatic nitrogens is 1. The summed E-state index contributed by atoms with van der Waals surface area (Å²) in [6, 6.07) is 9.17. The Bertz CT molecular complexity index is 723. The lowest BCUT2D eigenvalue weighted by atomic mass is 10.1. The molecule has 3 rings (SSSR count). The van der Waals surface area contributed by atoms with Crippen LogP contribution in [0, 0.1) is 0 Å². The van der Waals surface area contributed by atoms with Gasteiger partial charge in [-0.05, 0) is 43.6 Å². The van der Waals surface area contributed by atoms with Crippen LogP contribution in [0.5, 0.6) is 0 Å². The summed E-state index contributed by atoms with van der Waals surface area (Å²) in [5.41, 5.74) is 11.9. The Kier molecular flexibility index (Phi) is 5.18. The fourth-order valence-electron chi connectivity index (χ4n) is 2.79. The predicted octanol–water partition coefficient (Wildman–Crippen LogP) is 2.02. The van der Waals surface area contributed by atoms with E-state index < -0.39 is 0 Å². The number of para-hydroxylation sites is 1. The molecule has 0 radical (unpaired) electrons. The van der Waals surface area contributed by atoms with Gasteiger partial charge in [-0.15, -0.1) is 0 Å². The van der Waals surface area contributed by atoms with Gasteiger partial charge in [-0.3, -0.25) is 14.7 Å². The highest BCUT2D eigenvalue weighted by atomic mass is 16.2. The number of carbonyl (C=O) groups is 1. The Morgan fingerprint density at radius 3 is 2.75 bits per heavy atom. The first-order valence-electron chi connectivity index (χ1n) is 8.07. The molecule has 0 bridgehead atoms. The normalized spacial score (nSPS) is 15.0. The smallest absolute Gasteiger partial charge is 0.271 e. The first-order chi connectivity index (χ1) is 11.7. The third-order valence-electron chi connectivity index (χ3n) is 4.14. The van der Waals surface area contributed by atoms with E-state index in [2.05, 4.69) is 20.4 Å². The maximum atomic E-state index is 11.9. The van der Waals surface area contributed by atoms with Crippen LogP contribution in [0.25, 0.3) is 0 Å². The molecule has 1 fully saturated rings. The highest BCUT2D eigenvalue weighted by molar-refractivity contribution is 5.95. The van der Waals surface area contributed by atoms with E-state index in [1.165, 1.54) is 12.8 Å². The van der Waals surface area contributed by atoms with Gasteiger partial charge in [0.15, 0.2) is 0 Å². The predicted molar refractivity (Wildman–Crippen MR) is 94.7 cm³/mol. The van der Waals surface area contributed by atoms with E-state index >= 15 is 0 Å². The number of anilines is 1. The highest BCUT2D eigenvalue weighted by Gasteiger charge is 2.13. The third kappa shape index (κ3) is 3.97. The van der Waals surface area contributed by atoms with Gasteiger partial charge in [0.2, 0.25) is 0 Å². The maximum Gasteiger partial charge on any atom is 0.271 e. The van der Waals surface area contributed by atoms with Crippen molar-refractivity contribution in [3.8, 4) is 0 Å². The van der Waals surface area contributed by atoms with E-state index in [-0.39, 0.29) is 5.91 Å². The molecule has 1 saturated heterocycles. The minimum Gasteiger partial charge on any atom is -0.398 e. The standard InChI is InChI=1S/C18H21N5O/c19-17-15(4-3-5-16(17)13-23-10-1-2-11-23)12-21-22-18(24)14-6-8-20-9-7-14/h3-9,12H,1-2,10-11,13,19H2,(H,22,24)/b21-12+. The zero-order chi connectivity index (χ0) is 16.8. The van der Waals surface area contributed by atoms with Crippen LogP contribution < -0.4 is 11.2 Å². The summed E-state index contributed by atoms with van der Waals surface area (Å²) in [5, 5.41) is 4.01. The Balaban J connectivity index is 1.65. The SMILES string of the molecule is Nc1c(/C=N/NC(=O)c2ccncc2)cccc1CN1CCCC1. The number of amides is 1. The van der Waals surface area contributed by atoms with Crippen molar-refractivity contribution in [2.24, 2.45) is 5.10 Å². The van der Waals surface area contributed by atoms with Gasteiger partial charge < -0.3 is 5.73 Å². The van der Waals surface area contributed by atoms with Crippen LogP contribution >= 0.6 is 0 Å². The highest BCUT2D eigenvalue weighted by Crippen LogP contribution is 2.20. The number of benzene rings is 1. The van der Waals surface area contributed by atoms with Crippen LogP contribution in [-0.2, 0) is 6.54 Å². The number of likely N-dealkylation sites (tertiary alicyclic amines) is 1. The second-order valence-corrected chi connectivity index (χ2v) is 5.84. The number of hydrogen-bond donors (Lipinski definition) is 2. The molecular formula is C18H21N5O. The molecule has 2 heterocycles. The first kappa shape index (κ1) is 16.1. The minimum atomic E-state index is -0.277. The third-order valence-corrected chi connectivity index (χ3v) is 4.14. The van der Waals surface area contributed by atoms with Gasteiger partial charge >= 0.3 is 0 Å². The molecule has 0 atom stereocenters. The van der Waals surface area contributed by atoms with Crippen LogP contribution in [0.1, 0.15) is 34.3 Å². The van der Waals surface area contributed by atoms with Crippen LogP contribution in [0.2, 0.25) is 0 Å². The molecule has 1 aliphatic rings. The van der Waals surface area contributed by atoms with Gasteiger partial charge in [-0.1, -0.05) is 18.2 Å². The van der Waals surface area contributed by atoms with E-state index in [4.69, 9.17) is 5.73 Å². The van der Waals surface area contributed by atoms with E-state index in [0.29, 0.717) is 11.3 Å². The summed E-state index contributed by atoms with van der Waals surface area (Å²) in [5.74, 6) is -0.277. The average Bonchev–Trinajstić information content (AvgIpc) is 3.12. The van der Waals surface area contributed by atoms with Crippen molar-refractivity contribution >= 4 is 17.8 Å². The number of carbonyl (C=O) groups excluding carboxylic acids is 1. The van der Waals surface area contributed by atoms with Crippen molar-refractivity contribution in [1.29, 1.82) is 0 Å². The van der Waals surface area contributed by atoms with E-state index in [0.717, 1.165) is 30.8 Å². The molecule has 24 heavy (non-hydrogen) atoms. The molecule has 3 N–H and O–H groups in total. The van der Waals surface area contributed by atoms with Crippen molar-refractivity contribution in [2.75, 3.05) is 18.8 Å².